The number of aliphatic hydroxyl groups is 1. The number of thioether (sulfide) groups is 1. The van der Waals surface area contributed by atoms with Gasteiger partial charge in [0.1, 0.15) is 0 Å². The Morgan fingerprint density at radius 3 is 2.81 bits per heavy atom. The van der Waals surface area contributed by atoms with Crippen molar-refractivity contribution < 1.29 is 5.11 Å². The van der Waals surface area contributed by atoms with Crippen molar-refractivity contribution in [3.8, 4) is 0 Å². The van der Waals surface area contributed by atoms with Gasteiger partial charge in [-0.3, -0.25) is 4.57 Å². The number of hydrogen-bond acceptors (Lipinski definition) is 6. The summed E-state index contributed by atoms with van der Waals surface area (Å²) in [6, 6.07) is 8.10. The molecule has 0 saturated carbocycles. The van der Waals surface area contributed by atoms with Crippen molar-refractivity contribution in [2.45, 2.75) is 17.8 Å². The number of anilines is 1. The summed E-state index contributed by atoms with van der Waals surface area (Å²) < 4.78 is 1.85. The van der Waals surface area contributed by atoms with Gasteiger partial charge in [0.2, 0.25) is 0 Å². The molecule has 21 heavy (non-hydrogen) atoms. The fourth-order valence-electron chi connectivity index (χ4n) is 2.07. The van der Waals surface area contributed by atoms with Crippen molar-refractivity contribution in [2.24, 2.45) is 4.99 Å². The van der Waals surface area contributed by atoms with E-state index in [-0.39, 0.29) is 6.10 Å². The van der Waals surface area contributed by atoms with Gasteiger partial charge >= 0.3 is 0 Å². The van der Waals surface area contributed by atoms with Crippen LogP contribution in [-0.4, -0.2) is 52.0 Å². The van der Waals surface area contributed by atoms with Crippen LogP contribution in [0.5, 0.6) is 0 Å². The molecule has 0 amide bonds. The second kappa shape index (κ2) is 5.87. The molecule has 1 aliphatic heterocycles. The summed E-state index contributed by atoms with van der Waals surface area (Å²) >= 11 is 1.50. The number of aromatic nitrogens is 3. The molecule has 0 bridgehead atoms. The minimum atomic E-state index is -0.369. The number of aliphatic imine (C=N–C) groups is 1. The zero-order valence-corrected chi connectivity index (χ0v) is 12.8. The van der Waals surface area contributed by atoms with E-state index in [0.29, 0.717) is 18.2 Å². The predicted molar refractivity (Wildman–Crippen MR) is 84.8 cm³/mol. The molecule has 7 heteroatoms. The van der Waals surface area contributed by atoms with E-state index in [1.165, 1.54) is 11.8 Å². The van der Waals surface area contributed by atoms with Gasteiger partial charge in [0.25, 0.3) is 5.95 Å². The van der Waals surface area contributed by atoms with Crippen LogP contribution in [0.1, 0.15) is 5.56 Å². The highest BCUT2D eigenvalue weighted by Gasteiger charge is 2.21. The highest BCUT2D eigenvalue weighted by Crippen LogP contribution is 2.27. The standard InChI is InChI=1S/C14H17N5OS/c1-18(2)11-5-3-10(4-6-11)7-15-13-16-17-14-19(13)8-12(20)9-21-14/h3-7,12,20H,8-9H2,1-2H3. The lowest BCUT2D eigenvalue weighted by Gasteiger charge is -2.17. The lowest BCUT2D eigenvalue weighted by atomic mass is 10.2. The fourth-order valence-corrected chi connectivity index (χ4v) is 2.93. The second-order valence-electron chi connectivity index (χ2n) is 5.10. The average Bonchev–Trinajstić information content (AvgIpc) is 2.88. The molecule has 3 rings (SSSR count). The molecule has 110 valence electrons. The monoisotopic (exact) mass is 303 g/mol. The predicted octanol–water partition coefficient (Wildman–Crippen LogP) is 1.56. The quantitative estimate of drug-likeness (QED) is 0.872. The first-order valence-electron chi connectivity index (χ1n) is 6.69. The van der Waals surface area contributed by atoms with E-state index >= 15 is 0 Å². The van der Waals surface area contributed by atoms with Gasteiger partial charge in [-0.1, -0.05) is 23.9 Å². The number of rotatable bonds is 3. The maximum atomic E-state index is 9.71. The summed E-state index contributed by atoms with van der Waals surface area (Å²) in [6.07, 6.45) is 1.40. The van der Waals surface area contributed by atoms with Crippen LogP contribution in [0, 0.1) is 0 Å². The summed E-state index contributed by atoms with van der Waals surface area (Å²) in [5.74, 6) is 1.20. The summed E-state index contributed by atoms with van der Waals surface area (Å²) in [5, 5.41) is 18.7. The Bertz CT molecular complexity index is 650. The molecule has 2 aromatic rings. The summed E-state index contributed by atoms with van der Waals surface area (Å²) in [5.41, 5.74) is 2.15. The van der Waals surface area contributed by atoms with E-state index in [2.05, 4.69) is 20.1 Å². The van der Waals surface area contributed by atoms with Gasteiger partial charge in [-0.2, -0.15) is 0 Å². The topological polar surface area (TPSA) is 66.5 Å². The Hall–Kier alpha value is -1.86. The van der Waals surface area contributed by atoms with Crippen LogP contribution in [0.3, 0.4) is 0 Å². The number of nitrogens with zero attached hydrogens (tertiary/aromatic N) is 5. The van der Waals surface area contributed by atoms with E-state index in [1.54, 1.807) is 6.21 Å². The normalized spacial score (nSPS) is 18.0. The first kappa shape index (κ1) is 14.1. The second-order valence-corrected chi connectivity index (χ2v) is 6.09. The highest BCUT2D eigenvalue weighted by atomic mass is 32.2. The SMILES string of the molecule is CN(C)c1ccc(C=Nc2nnc3n2CC(O)CS3)cc1. The molecule has 2 heterocycles. The van der Waals surface area contributed by atoms with Crippen molar-refractivity contribution in [3.63, 3.8) is 0 Å². The molecule has 6 nitrogen and oxygen atoms in total. The minimum absolute atomic E-state index is 0.369. The van der Waals surface area contributed by atoms with E-state index in [4.69, 9.17) is 0 Å². The Morgan fingerprint density at radius 2 is 2.10 bits per heavy atom. The molecule has 0 radical (unpaired) electrons. The van der Waals surface area contributed by atoms with Crippen LogP contribution >= 0.6 is 11.8 Å². The Labute approximate surface area is 127 Å². The molecule has 0 fully saturated rings. The fraction of sp³-hybridized carbons (Fsp3) is 0.357. The van der Waals surface area contributed by atoms with Crippen molar-refractivity contribution in [3.05, 3.63) is 29.8 Å². The van der Waals surface area contributed by atoms with Crippen LogP contribution in [0.2, 0.25) is 0 Å². The first-order chi connectivity index (χ1) is 10.1. The molecular weight excluding hydrogens is 286 g/mol. The molecule has 1 unspecified atom stereocenters. The van der Waals surface area contributed by atoms with Gasteiger partial charge in [0.05, 0.1) is 12.6 Å². The number of fused-ring (bicyclic) bond motifs is 1. The summed E-state index contributed by atoms with van der Waals surface area (Å²) in [7, 11) is 4.02. The maximum Gasteiger partial charge on any atom is 0.251 e. The smallest absolute Gasteiger partial charge is 0.251 e. The molecule has 0 spiro atoms. The largest absolute Gasteiger partial charge is 0.390 e. The maximum absolute atomic E-state index is 9.71. The minimum Gasteiger partial charge on any atom is -0.390 e. The molecular formula is C14H17N5OS. The van der Waals surface area contributed by atoms with Gasteiger partial charge in [-0.05, 0) is 17.7 Å². The molecule has 1 atom stereocenters. The van der Waals surface area contributed by atoms with Gasteiger partial charge in [-0.25, -0.2) is 4.99 Å². The summed E-state index contributed by atoms with van der Waals surface area (Å²) in [4.78, 5) is 6.44. The van der Waals surface area contributed by atoms with Crippen molar-refractivity contribution in [1.82, 2.24) is 14.8 Å². The Balaban J connectivity index is 1.79. The molecule has 1 N–H and O–H groups in total. The zero-order valence-electron chi connectivity index (χ0n) is 12.0. The van der Waals surface area contributed by atoms with Gasteiger partial charge < -0.3 is 10.0 Å². The molecule has 1 aromatic carbocycles. The van der Waals surface area contributed by atoms with Crippen LogP contribution < -0.4 is 4.90 Å². The third-order valence-electron chi connectivity index (χ3n) is 3.23. The van der Waals surface area contributed by atoms with Crippen molar-refractivity contribution in [2.75, 3.05) is 24.7 Å². The Morgan fingerprint density at radius 1 is 1.33 bits per heavy atom. The third kappa shape index (κ3) is 3.08. The van der Waals surface area contributed by atoms with Gasteiger partial charge in [-0.15, -0.1) is 10.2 Å². The van der Waals surface area contributed by atoms with Gasteiger partial charge in [0, 0.05) is 31.8 Å². The first-order valence-corrected chi connectivity index (χ1v) is 7.67. The van der Waals surface area contributed by atoms with Crippen LogP contribution in [0.25, 0.3) is 0 Å². The highest BCUT2D eigenvalue weighted by molar-refractivity contribution is 7.99. The van der Waals surface area contributed by atoms with Crippen molar-refractivity contribution in [1.29, 1.82) is 0 Å². The number of benzene rings is 1. The van der Waals surface area contributed by atoms with Crippen molar-refractivity contribution >= 4 is 29.6 Å². The van der Waals surface area contributed by atoms with E-state index < -0.39 is 0 Å². The molecule has 1 aliphatic rings. The third-order valence-corrected chi connectivity index (χ3v) is 4.35. The van der Waals surface area contributed by atoms with Crippen LogP contribution in [0.4, 0.5) is 11.6 Å². The van der Waals surface area contributed by atoms with Gasteiger partial charge in [0.15, 0.2) is 5.16 Å². The number of aliphatic hydroxyl groups excluding tert-OH is 1. The molecule has 1 aromatic heterocycles. The lowest BCUT2D eigenvalue weighted by molar-refractivity contribution is 0.171. The van der Waals surface area contributed by atoms with E-state index in [9.17, 15) is 5.11 Å². The summed E-state index contributed by atoms with van der Waals surface area (Å²) in [6.45, 7) is 0.502. The van der Waals surface area contributed by atoms with Crippen LogP contribution in [-0.2, 0) is 6.54 Å². The molecule has 0 aliphatic carbocycles. The molecule has 0 saturated heterocycles. The average molecular weight is 303 g/mol. The van der Waals surface area contributed by atoms with E-state index in [0.717, 1.165) is 16.4 Å². The Kier molecular flexibility index (Phi) is 3.94. The van der Waals surface area contributed by atoms with E-state index in [1.807, 2.05) is 42.9 Å². The lowest BCUT2D eigenvalue weighted by Crippen LogP contribution is -2.23. The van der Waals surface area contributed by atoms with Crippen LogP contribution in [0.15, 0.2) is 34.4 Å². The zero-order chi connectivity index (χ0) is 14.8. The number of hydrogen-bond donors (Lipinski definition) is 1.